The summed E-state index contributed by atoms with van der Waals surface area (Å²) in [5.41, 5.74) is -0.601. The van der Waals surface area contributed by atoms with Gasteiger partial charge in [0.05, 0.1) is 0 Å². The van der Waals surface area contributed by atoms with Gasteiger partial charge in [0.15, 0.2) is 0 Å². The quantitative estimate of drug-likeness (QED) is 0.804. The Balaban J connectivity index is 2.91. The lowest BCUT2D eigenvalue weighted by Crippen LogP contribution is -2.57. The summed E-state index contributed by atoms with van der Waals surface area (Å²) in [6, 6.07) is 0. The van der Waals surface area contributed by atoms with Gasteiger partial charge in [0.25, 0.3) is 0 Å². The predicted molar refractivity (Wildman–Crippen MR) is 70.1 cm³/mol. The van der Waals surface area contributed by atoms with Crippen molar-refractivity contribution >= 4 is 5.97 Å². The highest BCUT2D eigenvalue weighted by Crippen LogP contribution is 2.37. The maximum atomic E-state index is 11.8. The molecular weight excluding hydrogens is 214 g/mol. The molecule has 0 heterocycles. The van der Waals surface area contributed by atoms with E-state index in [0.29, 0.717) is 11.8 Å². The lowest BCUT2D eigenvalue weighted by atomic mass is 9.75. The van der Waals surface area contributed by atoms with Gasteiger partial charge in [-0.2, -0.15) is 0 Å². The standard InChI is InChI=1S/C14H27NO2/c1-5-15(10-11(2)3)14(13(16)17)8-6-7-12(4)9-14/h11-12H,5-10H2,1-4H3,(H,16,17). The maximum Gasteiger partial charge on any atom is 0.324 e. The molecule has 3 heteroatoms. The van der Waals surface area contributed by atoms with Crippen molar-refractivity contribution in [2.24, 2.45) is 11.8 Å². The van der Waals surface area contributed by atoms with Gasteiger partial charge in [-0.25, -0.2) is 0 Å². The summed E-state index contributed by atoms with van der Waals surface area (Å²) in [5.74, 6) is 0.427. The molecule has 0 bridgehead atoms. The average molecular weight is 241 g/mol. The van der Waals surface area contributed by atoms with E-state index in [2.05, 4.69) is 32.6 Å². The minimum atomic E-state index is -0.619. The summed E-state index contributed by atoms with van der Waals surface area (Å²) in [6.07, 6.45) is 3.84. The Labute approximate surface area is 105 Å². The Hall–Kier alpha value is -0.570. The molecule has 17 heavy (non-hydrogen) atoms. The third kappa shape index (κ3) is 3.21. The minimum Gasteiger partial charge on any atom is -0.480 e. The van der Waals surface area contributed by atoms with Crippen molar-refractivity contribution in [1.82, 2.24) is 4.90 Å². The Morgan fingerprint density at radius 1 is 1.53 bits per heavy atom. The Morgan fingerprint density at radius 2 is 2.18 bits per heavy atom. The SMILES string of the molecule is CCN(CC(C)C)C1(C(=O)O)CCCC(C)C1. The van der Waals surface area contributed by atoms with Crippen molar-refractivity contribution in [3.05, 3.63) is 0 Å². The molecule has 0 aromatic carbocycles. The molecule has 0 amide bonds. The normalized spacial score (nSPS) is 29.9. The van der Waals surface area contributed by atoms with Crippen LogP contribution in [-0.4, -0.2) is 34.6 Å². The largest absolute Gasteiger partial charge is 0.480 e. The topological polar surface area (TPSA) is 40.5 Å². The monoisotopic (exact) mass is 241 g/mol. The van der Waals surface area contributed by atoms with Gasteiger partial charge in [-0.05, 0) is 31.2 Å². The molecular formula is C14H27NO2. The maximum absolute atomic E-state index is 11.8. The van der Waals surface area contributed by atoms with Crippen molar-refractivity contribution in [3.63, 3.8) is 0 Å². The van der Waals surface area contributed by atoms with Crippen molar-refractivity contribution in [3.8, 4) is 0 Å². The molecule has 0 spiro atoms. The number of carboxylic acid groups (broad SMARTS) is 1. The van der Waals surface area contributed by atoms with Crippen LogP contribution in [0.1, 0.15) is 53.4 Å². The molecule has 2 atom stereocenters. The molecule has 0 aliphatic heterocycles. The number of carbonyl (C=O) groups is 1. The summed E-state index contributed by atoms with van der Waals surface area (Å²) in [6.45, 7) is 10.3. The molecule has 1 rings (SSSR count). The van der Waals surface area contributed by atoms with Crippen LogP contribution >= 0.6 is 0 Å². The van der Waals surface area contributed by atoms with Gasteiger partial charge in [-0.3, -0.25) is 9.69 Å². The van der Waals surface area contributed by atoms with Crippen LogP contribution in [0, 0.1) is 11.8 Å². The van der Waals surface area contributed by atoms with Crippen LogP contribution in [0.3, 0.4) is 0 Å². The molecule has 1 aliphatic rings. The second kappa shape index (κ2) is 5.85. The molecule has 1 saturated carbocycles. The van der Waals surface area contributed by atoms with Gasteiger partial charge < -0.3 is 5.11 Å². The Morgan fingerprint density at radius 3 is 2.59 bits per heavy atom. The molecule has 0 aromatic heterocycles. The zero-order valence-corrected chi connectivity index (χ0v) is 11.7. The lowest BCUT2D eigenvalue weighted by Gasteiger charge is -2.45. The fraction of sp³-hybridized carbons (Fsp3) is 0.929. The van der Waals surface area contributed by atoms with Crippen LogP contribution in [0.4, 0.5) is 0 Å². The van der Waals surface area contributed by atoms with Crippen LogP contribution in [0.25, 0.3) is 0 Å². The number of hydrogen-bond donors (Lipinski definition) is 1. The summed E-state index contributed by atoms with van der Waals surface area (Å²) in [5, 5.41) is 9.68. The summed E-state index contributed by atoms with van der Waals surface area (Å²) < 4.78 is 0. The first-order valence-electron chi connectivity index (χ1n) is 6.90. The van der Waals surface area contributed by atoms with E-state index in [1.54, 1.807) is 0 Å². The lowest BCUT2D eigenvalue weighted by molar-refractivity contribution is -0.156. The molecule has 0 aromatic rings. The van der Waals surface area contributed by atoms with E-state index in [1.807, 2.05) is 0 Å². The van der Waals surface area contributed by atoms with Crippen molar-refractivity contribution in [2.75, 3.05) is 13.1 Å². The van der Waals surface area contributed by atoms with Gasteiger partial charge in [0.2, 0.25) is 0 Å². The van der Waals surface area contributed by atoms with Crippen LogP contribution in [0.2, 0.25) is 0 Å². The van der Waals surface area contributed by atoms with Crippen LogP contribution < -0.4 is 0 Å². The fourth-order valence-electron chi connectivity index (χ4n) is 3.19. The smallest absolute Gasteiger partial charge is 0.324 e. The molecule has 3 nitrogen and oxygen atoms in total. The first-order valence-corrected chi connectivity index (χ1v) is 6.90. The Bertz CT molecular complexity index is 265. The van der Waals surface area contributed by atoms with E-state index in [0.717, 1.165) is 32.4 Å². The third-order valence-electron chi connectivity index (χ3n) is 3.94. The van der Waals surface area contributed by atoms with Crippen molar-refractivity contribution < 1.29 is 9.90 Å². The van der Waals surface area contributed by atoms with E-state index in [1.165, 1.54) is 6.42 Å². The van der Waals surface area contributed by atoms with E-state index >= 15 is 0 Å². The van der Waals surface area contributed by atoms with E-state index < -0.39 is 11.5 Å². The van der Waals surface area contributed by atoms with Gasteiger partial charge in [-0.1, -0.05) is 40.5 Å². The number of aliphatic carboxylic acids is 1. The highest BCUT2D eigenvalue weighted by atomic mass is 16.4. The zero-order chi connectivity index (χ0) is 13.1. The summed E-state index contributed by atoms with van der Waals surface area (Å²) in [7, 11) is 0. The highest BCUT2D eigenvalue weighted by Gasteiger charge is 2.46. The first-order chi connectivity index (χ1) is 7.92. The number of nitrogens with zero attached hydrogens (tertiary/aromatic N) is 1. The number of rotatable bonds is 5. The molecule has 1 N–H and O–H groups in total. The summed E-state index contributed by atoms with van der Waals surface area (Å²) in [4.78, 5) is 14.0. The Kier molecular flexibility index (Phi) is 4.99. The molecule has 2 unspecified atom stereocenters. The van der Waals surface area contributed by atoms with Gasteiger partial charge >= 0.3 is 5.97 Å². The third-order valence-corrected chi connectivity index (χ3v) is 3.94. The molecule has 0 saturated heterocycles. The fourth-order valence-corrected chi connectivity index (χ4v) is 3.19. The van der Waals surface area contributed by atoms with Crippen molar-refractivity contribution in [2.45, 2.75) is 58.9 Å². The van der Waals surface area contributed by atoms with E-state index in [9.17, 15) is 9.90 Å². The van der Waals surface area contributed by atoms with Crippen LogP contribution in [0.5, 0.6) is 0 Å². The summed E-state index contributed by atoms with van der Waals surface area (Å²) >= 11 is 0. The number of carboxylic acids is 1. The highest BCUT2D eigenvalue weighted by molar-refractivity contribution is 5.79. The molecule has 0 radical (unpaired) electrons. The number of hydrogen-bond acceptors (Lipinski definition) is 2. The van der Waals surface area contributed by atoms with E-state index in [4.69, 9.17) is 0 Å². The first kappa shape index (κ1) is 14.5. The zero-order valence-electron chi connectivity index (χ0n) is 11.7. The van der Waals surface area contributed by atoms with Crippen LogP contribution in [0.15, 0.2) is 0 Å². The van der Waals surface area contributed by atoms with Crippen molar-refractivity contribution in [1.29, 1.82) is 0 Å². The van der Waals surface area contributed by atoms with Gasteiger partial charge in [-0.15, -0.1) is 0 Å². The predicted octanol–water partition coefficient (Wildman–Crippen LogP) is 3.00. The van der Waals surface area contributed by atoms with Crippen LogP contribution in [-0.2, 0) is 4.79 Å². The molecule has 1 fully saturated rings. The van der Waals surface area contributed by atoms with Gasteiger partial charge in [0, 0.05) is 6.54 Å². The minimum absolute atomic E-state index is 0.517. The molecule has 1 aliphatic carbocycles. The average Bonchev–Trinajstić information content (AvgIpc) is 2.25. The second-order valence-corrected chi connectivity index (χ2v) is 5.97. The molecule has 100 valence electrons. The second-order valence-electron chi connectivity index (χ2n) is 5.97. The van der Waals surface area contributed by atoms with Gasteiger partial charge in [0.1, 0.15) is 5.54 Å². The van der Waals surface area contributed by atoms with E-state index in [-0.39, 0.29) is 0 Å². The number of likely N-dealkylation sites (N-methyl/N-ethyl adjacent to an activating group) is 1.